The number of imidazole rings is 1. The highest BCUT2D eigenvalue weighted by molar-refractivity contribution is 7.13. The summed E-state index contributed by atoms with van der Waals surface area (Å²) >= 11 is 1.40. The molecule has 0 spiro atoms. The van der Waals surface area contributed by atoms with Crippen LogP contribution in [0.3, 0.4) is 0 Å². The van der Waals surface area contributed by atoms with Gasteiger partial charge < -0.3 is 20.6 Å². The normalized spacial score (nSPS) is 11.1. The van der Waals surface area contributed by atoms with Gasteiger partial charge in [-0.3, -0.25) is 9.59 Å². The first-order valence-electron chi connectivity index (χ1n) is 11.1. The van der Waals surface area contributed by atoms with Crippen molar-refractivity contribution in [2.75, 3.05) is 11.1 Å². The van der Waals surface area contributed by atoms with Gasteiger partial charge in [0.05, 0.1) is 23.2 Å². The van der Waals surface area contributed by atoms with Crippen LogP contribution in [0.25, 0.3) is 33.7 Å². The van der Waals surface area contributed by atoms with Gasteiger partial charge in [-0.05, 0) is 31.5 Å². The Morgan fingerprint density at radius 2 is 1.97 bits per heavy atom. The van der Waals surface area contributed by atoms with E-state index in [4.69, 9.17) is 10.7 Å². The van der Waals surface area contributed by atoms with Gasteiger partial charge in [0.25, 0.3) is 0 Å². The molecular weight excluding hydrogens is 462 g/mol. The number of nitrogens with two attached hydrogens (primary N) is 1. The third-order valence-corrected chi connectivity index (χ3v) is 6.56. The summed E-state index contributed by atoms with van der Waals surface area (Å²) in [6, 6.07) is 11.2. The van der Waals surface area contributed by atoms with E-state index in [-0.39, 0.29) is 17.8 Å². The lowest BCUT2D eigenvalue weighted by Crippen LogP contribution is -2.18. The largest absolute Gasteiger partial charge is 0.384 e. The highest BCUT2D eigenvalue weighted by Crippen LogP contribution is 2.26. The van der Waals surface area contributed by atoms with Crippen molar-refractivity contribution < 1.29 is 4.79 Å². The van der Waals surface area contributed by atoms with Crippen LogP contribution in [0.4, 0.5) is 10.9 Å². The zero-order valence-corrected chi connectivity index (χ0v) is 20.0. The van der Waals surface area contributed by atoms with E-state index in [0.29, 0.717) is 45.6 Å². The second kappa shape index (κ2) is 9.15. The molecule has 35 heavy (non-hydrogen) atoms. The molecule has 5 rings (SSSR count). The van der Waals surface area contributed by atoms with E-state index < -0.39 is 0 Å². The lowest BCUT2D eigenvalue weighted by Gasteiger charge is -2.15. The smallest absolute Gasteiger partial charge is 0.230 e. The minimum Gasteiger partial charge on any atom is -0.384 e. The number of pyridine rings is 2. The fourth-order valence-corrected chi connectivity index (χ4v) is 4.70. The van der Waals surface area contributed by atoms with E-state index in [1.54, 1.807) is 18.5 Å². The first-order chi connectivity index (χ1) is 16.9. The molecular formula is C25H23N7O2S. The Kier molecular flexibility index (Phi) is 5.87. The Labute approximate surface area is 204 Å². The highest BCUT2D eigenvalue weighted by atomic mass is 32.1. The summed E-state index contributed by atoms with van der Waals surface area (Å²) in [5, 5.41) is 5.79. The van der Waals surface area contributed by atoms with Gasteiger partial charge in [0.1, 0.15) is 22.9 Å². The maximum absolute atomic E-state index is 13.2. The third-order valence-electron chi connectivity index (χ3n) is 5.68. The number of nitrogen functional groups attached to an aromatic ring is 1. The van der Waals surface area contributed by atoms with Crippen molar-refractivity contribution in [1.82, 2.24) is 24.5 Å². The average Bonchev–Trinajstić information content (AvgIpc) is 3.51. The molecule has 4 heterocycles. The molecule has 0 aliphatic carbocycles. The van der Waals surface area contributed by atoms with Crippen LogP contribution in [0, 0.1) is 6.92 Å². The number of thiazole rings is 1. The van der Waals surface area contributed by atoms with Gasteiger partial charge in [-0.25, -0.2) is 15.0 Å². The van der Waals surface area contributed by atoms with Crippen LogP contribution < -0.4 is 16.5 Å². The van der Waals surface area contributed by atoms with Gasteiger partial charge in [0, 0.05) is 29.9 Å². The number of benzene rings is 1. The van der Waals surface area contributed by atoms with Gasteiger partial charge in [0.15, 0.2) is 5.13 Å². The Morgan fingerprint density at radius 3 is 2.63 bits per heavy atom. The molecule has 5 aromatic rings. The molecule has 1 aromatic carbocycles. The molecule has 1 amide bonds. The van der Waals surface area contributed by atoms with Crippen molar-refractivity contribution in [3.63, 3.8) is 0 Å². The fraction of sp³-hybridized carbons (Fsp3) is 0.160. The predicted octanol–water partition coefficient (Wildman–Crippen LogP) is 4.00. The molecule has 0 saturated heterocycles. The summed E-state index contributed by atoms with van der Waals surface area (Å²) < 4.78 is 1.82. The molecule has 0 aliphatic heterocycles. The quantitative estimate of drug-likeness (QED) is 0.333. The number of carbonyl (C=O) groups is 1. The minimum absolute atomic E-state index is 0.120. The van der Waals surface area contributed by atoms with Gasteiger partial charge in [-0.2, -0.15) is 0 Å². The topological polar surface area (TPSA) is 132 Å². The number of hydrogen-bond acceptors (Lipinski definition) is 7. The highest BCUT2D eigenvalue weighted by Gasteiger charge is 2.19. The van der Waals surface area contributed by atoms with Gasteiger partial charge in [-0.1, -0.05) is 24.3 Å². The van der Waals surface area contributed by atoms with Crippen molar-refractivity contribution in [1.29, 1.82) is 0 Å². The second-order valence-corrected chi connectivity index (χ2v) is 8.91. The van der Waals surface area contributed by atoms with Crippen LogP contribution in [0.2, 0.25) is 0 Å². The van der Waals surface area contributed by atoms with Gasteiger partial charge in [0.2, 0.25) is 11.3 Å². The van der Waals surface area contributed by atoms with E-state index in [2.05, 4.69) is 20.3 Å². The van der Waals surface area contributed by atoms with E-state index in [1.165, 1.54) is 11.3 Å². The number of rotatable bonds is 6. The molecule has 10 heteroatoms. The van der Waals surface area contributed by atoms with Crippen LogP contribution in [-0.4, -0.2) is 30.4 Å². The van der Waals surface area contributed by atoms with E-state index in [9.17, 15) is 9.59 Å². The van der Waals surface area contributed by atoms with Crippen LogP contribution in [-0.2, 0) is 17.8 Å². The van der Waals surface area contributed by atoms with E-state index >= 15 is 0 Å². The Balaban J connectivity index is 1.44. The number of H-pyrrole nitrogens is 1. The second-order valence-electron chi connectivity index (χ2n) is 8.05. The van der Waals surface area contributed by atoms with Crippen LogP contribution in [0.1, 0.15) is 18.2 Å². The average molecular weight is 486 g/mol. The number of fused-ring (bicyclic) bond motifs is 1. The summed E-state index contributed by atoms with van der Waals surface area (Å²) in [6.07, 6.45) is 3.48. The first kappa shape index (κ1) is 22.5. The van der Waals surface area contributed by atoms with Crippen LogP contribution in [0.15, 0.2) is 59.0 Å². The van der Waals surface area contributed by atoms with Crippen molar-refractivity contribution >= 4 is 39.2 Å². The van der Waals surface area contributed by atoms with Crippen molar-refractivity contribution in [3.8, 4) is 22.6 Å². The zero-order valence-electron chi connectivity index (χ0n) is 19.2. The maximum Gasteiger partial charge on any atom is 0.230 e. The Hall–Kier alpha value is -4.31. The lowest BCUT2D eigenvalue weighted by molar-refractivity contribution is -0.115. The van der Waals surface area contributed by atoms with Crippen molar-refractivity contribution in [3.05, 3.63) is 75.7 Å². The van der Waals surface area contributed by atoms with E-state index in [1.807, 2.05) is 54.1 Å². The summed E-state index contributed by atoms with van der Waals surface area (Å²) in [5.41, 5.74) is 10.4. The van der Waals surface area contributed by atoms with Crippen LogP contribution in [0.5, 0.6) is 0 Å². The maximum atomic E-state index is 13.2. The Morgan fingerprint density at radius 1 is 1.17 bits per heavy atom. The molecule has 0 radical (unpaired) electrons. The van der Waals surface area contributed by atoms with Gasteiger partial charge >= 0.3 is 0 Å². The summed E-state index contributed by atoms with van der Waals surface area (Å²) in [7, 11) is 0. The monoisotopic (exact) mass is 485 g/mol. The van der Waals surface area contributed by atoms with Crippen molar-refractivity contribution in [2.24, 2.45) is 0 Å². The number of amides is 1. The van der Waals surface area contributed by atoms with Crippen LogP contribution >= 0.6 is 11.3 Å². The number of carbonyl (C=O) groups excluding carboxylic acids is 1. The molecule has 0 saturated carbocycles. The third kappa shape index (κ3) is 4.31. The molecule has 4 N–H and O–H groups in total. The fourth-order valence-electron chi connectivity index (χ4n) is 4.00. The number of anilines is 2. The molecule has 0 bridgehead atoms. The molecule has 0 atom stereocenters. The molecule has 176 valence electrons. The van der Waals surface area contributed by atoms with E-state index in [0.717, 1.165) is 16.8 Å². The number of aromatic nitrogens is 5. The minimum atomic E-state index is -0.215. The standard InChI is InChI=1S/C25H23N7O2S/c1-3-32-22(26)20(23-27-10-11-28-23)21(34)17-8-9-18(30-24(17)32)16-6-4-15(5-7-16)12-19(33)31-25-29-14(2)13-35-25/h4-11,13H,3,12,26H2,1-2H3,(H,27,28)(H,29,31,33). The zero-order chi connectivity index (χ0) is 24.5. The number of hydrogen-bond donors (Lipinski definition) is 3. The van der Waals surface area contributed by atoms with Crippen molar-refractivity contribution in [2.45, 2.75) is 26.8 Å². The summed E-state index contributed by atoms with van der Waals surface area (Å²) in [6.45, 7) is 4.38. The lowest BCUT2D eigenvalue weighted by atomic mass is 10.1. The number of aromatic amines is 1. The Bertz CT molecular complexity index is 1590. The molecule has 4 aromatic heterocycles. The molecule has 0 aliphatic rings. The molecule has 0 unspecified atom stereocenters. The number of aryl methyl sites for hydroxylation is 2. The predicted molar refractivity (Wildman–Crippen MR) is 138 cm³/mol. The number of nitrogens with zero attached hydrogens (tertiary/aromatic N) is 4. The summed E-state index contributed by atoms with van der Waals surface area (Å²) in [4.78, 5) is 41.7. The SMILES string of the molecule is CCn1c(N)c(-c2ncc[nH]2)c(=O)c2ccc(-c3ccc(CC(=O)Nc4nc(C)cs4)cc3)nc21. The van der Waals surface area contributed by atoms with Gasteiger partial charge in [-0.15, -0.1) is 11.3 Å². The molecule has 9 nitrogen and oxygen atoms in total. The number of nitrogens with one attached hydrogen (secondary N) is 2. The molecule has 0 fully saturated rings. The summed E-state index contributed by atoms with van der Waals surface area (Å²) in [5.74, 6) is 0.636. The first-order valence-corrected chi connectivity index (χ1v) is 12.0.